The second-order valence-corrected chi connectivity index (χ2v) is 6.22. The van der Waals surface area contributed by atoms with E-state index in [0.29, 0.717) is 29.2 Å². The van der Waals surface area contributed by atoms with E-state index < -0.39 is 11.8 Å². The Kier molecular flexibility index (Phi) is 6.84. The SMILES string of the molecule is COc1ccccc1C(=O)NNC(=O)c1cccc(OCCc2ccccc2)c1. The Balaban J connectivity index is 1.54. The molecule has 0 heterocycles. The predicted molar refractivity (Wildman–Crippen MR) is 110 cm³/mol. The van der Waals surface area contributed by atoms with Crippen molar-refractivity contribution in [3.63, 3.8) is 0 Å². The Hall–Kier alpha value is -3.80. The van der Waals surface area contributed by atoms with Gasteiger partial charge in [-0.05, 0) is 35.9 Å². The molecule has 0 aliphatic carbocycles. The summed E-state index contributed by atoms with van der Waals surface area (Å²) in [6, 6.07) is 23.6. The molecule has 6 nitrogen and oxygen atoms in total. The molecular formula is C23H22N2O4. The molecule has 2 amide bonds. The van der Waals surface area contributed by atoms with Gasteiger partial charge in [0.05, 0.1) is 19.3 Å². The van der Waals surface area contributed by atoms with Crippen LogP contribution in [0.3, 0.4) is 0 Å². The maximum atomic E-state index is 12.4. The zero-order chi connectivity index (χ0) is 20.5. The summed E-state index contributed by atoms with van der Waals surface area (Å²) < 4.78 is 10.9. The molecular weight excluding hydrogens is 368 g/mol. The number of amides is 2. The highest BCUT2D eigenvalue weighted by Crippen LogP contribution is 2.17. The predicted octanol–water partition coefficient (Wildman–Crippen LogP) is 3.39. The molecule has 0 saturated heterocycles. The van der Waals surface area contributed by atoms with Gasteiger partial charge < -0.3 is 9.47 Å². The Bertz CT molecular complexity index is 973. The van der Waals surface area contributed by atoms with E-state index in [1.165, 1.54) is 12.7 Å². The number of para-hydroxylation sites is 1. The van der Waals surface area contributed by atoms with E-state index in [0.717, 1.165) is 6.42 Å². The topological polar surface area (TPSA) is 76.7 Å². The third-order valence-corrected chi connectivity index (χ3v) is 4.24. The summed E-state index contributed by atoms with van der Waals surface area (Å²) in [7, 11) is 1.48. The van der Waals surface area contributed by atoms with Gasteiger partial charge in [0.25, 0.3) is 11.8 Å². The van der Waals surface area contributed by atoms with Gasteiger partial charge in [-0.1, -0.05) is 48.5 Å². The number of benzene rings is 3. The number of hydrogen-bond donors (Lipinski definition) is 2. The third kappa shape index (κ3) is 5.59. The Labute approximate surface area is 169 Å². The number of hydrogen-bond acceptors (Lipinski definition) is 4. The second-order valence-electron chi connectivity index (χ2n) is 6.22. The minimum absolute atomic E-state index is 0.327. The monoisotopic (exact) mass is 390 g/mol. The van der Waals surface area contributed by atoms with E-state index in [1.54, 1.807) is 48.5 Å². The van der Waals surface area contributed by atoms with Gasteiger partial charge in [-0.25, -0.2) is 0 Å². The average Bonchev–Trinajstić information content (AvgIpc) is 2.78. The minimum Gasteiger partial charge on any atom is -0.496 e. The van der Waals surface area contributed by atoms with Crippen LogP contribution in [0.15, 0.2) is 78.9 Å². The van der Waals surface area contributed by atoms with E-state index in [2.05, 4.69) is 10.9 Å². The van der Waals surface area contributed by atoms with Crippen molar-refractivity contribution in [1.29, 1.82) is 0 Å². The first-order valence-electron chi connectivity index (χ1n) is 9.18. The molecule has 148 valence electrons. The quantitative estimate of drug-likeness (QED) is 0.607. The number of hydrazine groups is 1. The Morgan fingerprint density at radius 2 is 1.55 bits per heavy atom. The van der Waals surface area contributed by atoms with Crippen LogP contribution in [0.25, 0.3) is 0 Å². The first kappa shape index (κ1) is 19.9. The summed E-state index contributed by atoms with van der Waals surface area (Å²) in [6.07, 6.45) is 0.770. The fourth-order valence-corrected chi connectivity index (χ4v) is 2.74. The highest BCUT2D eigenvalue weighted by atomic mass is 16.5. The van der Waals surface area contributed by atoms with Crippen molar-refractivity contribution in [1.82, 2.24) is 10.9 Å². The number of rotatable bonds is 7. The Morgan fingerprint density at radius 3 is 2.34 bits per heavy atom. The summed E-state index contributed by atoms with van der Waals surface area (Å²) in [4.78, 5) is 24.6. The molecule has 3 aromatic rings. The molecule has 0 fully saturated rings. The molecule has 0 aromatic heterocycles. The minimum atomic E-state index is -0.467. The molecule has 6 heteroatoms. The number of methoxy groups -OCH3 is 1. The van der Waals surface area contributed by atoms with Gasteiger partial charge in [0.15, 0.2) is 0 Å². The van der Waals surface area contributed by atoms with Gasteiger partial charge in [0, 0.05) is 12.0 Å². The fourth-order valence-electron chi connectivity index (χ4n) is 2.74. The lowest BCUT2D eigenvalue weighted by atomic mass is 10.2. The number of carbonyl (C=O) groups is 2. The zero-order valence-electron chi connectivity index (χ0n) is 16.1. The van der Waals surface area contributed by atoms with E-state index in [4.69, 9.17) is 9.47 Å². The molecule has 3 rings (SSSR count). The van der Waals surface area contributed by atoms with Gasteiger partial charge in [-0.3, -0.25) is 20.4 Å². The van der Waals surface area contributed by atoms with Crippen LogP contribution in [0, 0.1) is 0 Å². The van der Waals surface area contributed by atoms with Crippen LogP contribution < -0.4 is 20.3 Å². The second kappa shape index (κ2) is 9.94. The molecule has 0 saturated carbocycles. The summed E-state index contributed by atoms with van der Waals surface area (Å²) in [5.74, 6) is 0.102. The highest BCUT2D eigenvalue weighted by molar-refractivity contribution is 6.00. The first-order chi connectivity index (χ1) is 14.2. The van der Waals surface area contributed by atoms with Crippen molar-refractivity contribution in [2.24, 2.45) is 0 Å². The van der Waals surface area contributed by atoms with E-state index in [-0.39, 0.29) is 0 Å². The summed E-state index contributed by atoms with van der Waals surface area (Å²) in [6.45, 7) is 0.500. The lowest BCUT2D eigenvalue weighted by Crippen LogP contribution is -2.41. The van der Waals surface area contributed by atoms with Crippen LogP contribution in [0.2, 0.25) is 0 Å². The summed E-state index contributed by atoms with van der Waals surface area (Å²) >= 11 is 0. The molecule has 3 aromatic carbocycles. The van der Waals surface area contributed by atoms with Gasteiger partial charge in [-0.2, -0.15) is 0 Å². The smallest absolute Gasteiger partial charge is 0.273 e. The van der Waals surface area contributed by atoms with Crippen molar-refractivity contribution in [3.05, 3.63) is 95.6 Å². The van der Waals surface area contributed by atoms with Crippen LogP contribution in [0.4, 0.5) is 0 Å². The Morgan fingerprint density at radius 1 is 0.828 bits per heavy atom. The standard InChI is InChI=1S/C23H22N2O4/c1-28-21-13-6-5-12-20(21)23(27)25-24-22(26)18-10-7-11-19(16-18)29-15-14-17-8-3-2-4-9-17/h2-13,16H,14-15H2,1H3,(H,24,26)(H,25,27). The van der Waals surface area contributed by atoms with E-state index >= 15 is 0 Å². The molecule has 0 spiro atoms. The molecule has 0 aliphatic rings. The van der Waals surface area contributed by atoms with Crippen molar-refractivity contribution in [2.75, 3.05) is 13.7 Å². The van der Waals surface area contributed by atoms with Crippen LogP contribution in [-0.2, 0) is 6.42 Å². The largest absolute Gasteiger partial charge is 0.496 e. The van der Waals surface area contributed by atoms with Crippen molar-refractivity contribution in [2.45, 2.75) is 6.42 Å². The van der Waals surface area contributed by atoms with Crippen LogP contribution >= 0.6 is 0 Å². The molecule has 0 aliphatic heterocycles. The van der Waals surface area contributed by atoms with Gasteiger partial charge in [0.1, 0.15) is 11.5 Å². The molecule has 0 bridgehead atoms. The van der Waals surface area contributed by atoms with Crippen LogP contribution in [0.5, 0.6) is 11.5 Å². The highest BCUT2D eigenvalue weighted by Gasteiger charge is 2.13. The molecule has 0 radical (unpaired) electrons. The lowest BCUT2D eigenvalue weighted by molar-refractivity contribution is 0.0844. The average molecular weight is 390 g/mol. The zero-order valence-corrected chi connectivity index (χ0v) is 16.1. The van der Waals surface area contributed by atoms with E-state index in [1.807, 2.05) is 30.3 Å². The summed E-state index contributed by atoms with van der Waals surface area (Å²) in [5, 5.41) is 0. The van der Waals surface area contributed by atoms with Gasteiger partial charge >= 0.3 is 0 Å². The first-order valence-corrected chi connectivity index (χ1v) is 9.18. The summed E-state index contributed by atoms with van der Waals surface area (Å²) in [5.41, 5.74) is 6.69. The van der Waals surface area contributed by atoms with E-state index in [9.17, 15) is 9.59 Å². The lowest BCUT2D eigenvalue weighted by Gasteiger charge is -2.11. The van der Waals surface area contributed by atoms with Crippen molar-refractivity contribution in [3.8, 4) is 11.5 Å². The number of carbonyl (C=O) groups excluding carboxylic acids is 2. The normalized spacial score (nSPS) is 10.1. The molecule has 0 unspecified atom stereocenters. The molecule has 0 atom stereocenters. The molecule has 29 heavy (non-hydrogen) atoms. The van der Waals surface area contributed by atoms with Gasteiger partial charge in [-0.15, -0.1) is 0 Å². The third-order valence-electron chi connectivity index (χ3n) is 4.24. The number of nitrogens with one attached hydrogen (secondary N) is 2. The number of ether oxygens (including phenoxy) is 2. The van der Waals surface area contributed by atoms with Crippen molar-refractivity contribution < 1.29 is 19.1 Å². The maximum absolute atomic E-state index is 12.4. The molecule has 2 N–H and O–H groups in total. The van der Waals surface area contributed by atoms with Crippen LogP contribution in [0.1, 0.15) is 26.3 Å². The van der Waals surface area contributed by atoms with Crippen LogP contribution in [-0.4, -0.2) is 25.5 Å². The fraction of sp³-hybridized carbons (Fsp3) is 0.130. The maximum Gasteiger partial charge on any atom is 0.273 e. The van der Waals surface area contributed by atoms with Crippen molar-refractivity contribution >= 4 is 11.8 Å². The van der Waals surface area contributed by atoms with Gasteiger partial charge in [0.2, 0.25) is 0 Å².